The number of rotatable bonds is 7. The lowest BCUT2D eigenvalue weighted by atomic mass is 9.46. The van der Waals surface area contributed by atoms with Crippen molar-refractivity contribution in [3.63, 3.8) is 0 Å². The van der Waals surface area contributed by atoms with Gasteiger partial charge in [-0.15, -0.1) is 0 Å². The van der Waals surface area contributed by atoms with E-state index in [1.165, 1.54) is 6.92 Å². The highest BCUT2D eigenvalue weighted by Gasteiger charge is 2.60. The molecule has 1 saturated heterocycles. The third-order valence-electron chi connectivity index (χ3n) is 9.60. The monoisotopic (exact) mass is 545 g/mol. The Morgan fingerprint density at radius 2 is 1.82 bits per heavy atom. The van der Waals surface area contributed by atoms with Crippen LogP contribution in [0.3, 0.4) is 0 Å². The van der Waals surface area contributed by atoms with Gasteiger partial charge in [-0.3, -0.25) is 14.9 Å². The Hall–Kier alpha value is -2.85. The molecule has 0 radical (unpaired) electrons. The zero-order valence-electron chi connectivity index (χ0n) is 23.4. The van der Waals surface area contributed by atoms with Crippen molar-refractivity contribution in [1.29, 1.82) is 0 Å². The van der Waals surface area contributed by atoms with Crippen LogP contribution in [-0.4, -0.2) is 78.1 Å². The Kier molecular flexibility index (Phi) is 8.75. The van der Waals surface area contributed by atoms with Crippen LogP contribution in [-0.2, 0) is 14.3 Å². The number of anilines is 1. The van der Waals surface area contributed by atoms with Gasteiger partial charge in [-0.2, -0.15) is 0 Å². The number of aliphatic hydroxyl groups is 2. The number of amides is 3. The van der Waals surface area contributed by atoms with E-state index in [0.29, 0.717) is 50.2 Å². The molecule has 7 atom stereocenters. The van der Waals surface area contributed by atoms with E-state index in [1.807, 2.05) is 6.92 Å². The van der Waals surface area contributed by atoms with Gasteiger partial charge in [0, 0.05) is 43.6 Å². The average Bonchev–Trinajstić information content (AvgIpc) is 3.36. The lowest BCUT2D eigenvalue weighted by Gasteiger charge is -2.60. The smallest absolute Gasteiger partial charge is 0.411 e. The second-order valence-corrected chi connectivity index (χ2v) is 12.0. The fraction of sp³-hybridized carbons (Fsp3) is 0.690. The molecule has 0 unspecified atom stereocenters. The first-order chi connectivity index (χ1) is 18.5. The van der Waals surface area contributed by atoms with Gasteiger partial charge < -0.3 is 29.9 Å². The predicted octanol–water partition coefficient (Wildman–Crippen LogP) is 2.93. The molecule has 3 amide bonds. The van der Waals surface area contributed by atoms with Crippen LogP contribution in [0.15, 0.2) is 24.3 Å². The largest absolute Gasteiger partial charge is 0.497 e. The van der Waals surface area contributed by atoms with Gasteiger partial charge in [0.05, 0.1) is 19.8 Å². The Morgan fingerprint density at radius 1 is 1.10 bits per heavy atom. The number of nitrogens with one attached hydrogen (secondary N) is 2. The molecule has 0 aromatic heterocycles. The molecule has 1 aliphatic heterocycles. The van der Waals surface area contributed by atoms with Crippen molar-refractivity contribution < 1.29 is 34.1 Å². The van der Waals surface area contributed by atoms with Gasteiger partial charge in [0.25, 0.3) is 0 Å². The zero-order chi connectivity index (χ0) is 28.4. The number of methoxy groups -OCH3 is 1. The Balaban J connectivity index is 1.44. The normalized spacial score (nSPS) is 34.1. The minimum atomic E-state index is -0.726. The summed E-state index contributed by atoms with van der Waals surface area (Å²) in [7, 11) is 1.57. The number of hydrogen-bond donors (Lipinski definition) is 4. The number of hydrogen-bond acceptors (Lipinski definition) is 7. The molecule has 10 heteroatoms. The molecule has 2 saturated carbocycles. The molecule has 3 aliphatic rings. The molecule has 0 spiro atoms. The molecule has 10 nitrogen and oxygen atoms in total. The molecule has 4 rings (SSSR count). The zero-order valence-corrected chi connectivity index (χ0v) is 23.4. The van der Waals surface area contributed by atoms with Gasteiger partial charge in [0.1, 0.15) is 11.9 Å². The van der Waals surface area contributed by atoms with E-state index in [1.54, 1.807) is 36.3 Å². The van der Waals surface area contributed by atoms with Crippen LogP contribution in [0.25, 0.3) is 0 Å². The first-order valence-corrected chi connectivity index (χ1v) is 14.0. The predicted molar refractivity (Wildman–Crippen MR) is 145 cm³/mol. The number of carbonyl (C=O) groups is 3. The summed E-state index contributed by atoms with van der Waals surface area (Å²) in [6.45, 7) is 6.44. The molecule has 1 aromatic rings. The third kappa shape index (κ3) is 6.01. The summed E-state index contributed by atoms with van der Waals surface area (Å²) in [5, 5.41) is 27.4. The van der Waals surface area contributed by atoms with Crippen molar-refractivity contribution >= 4 is 23.6 Å². The fourth-order valence-electron chi connectivity index (χ4n) is 7.44. The van der Waals surface area contributed by atoms with Gasteiger partial charge in [-0.25, -0.2) is 4.79 Å². The summed E-state index contributed by atoms with van der Waals surface area (Å²) in [4.78, 5) is 39.4. The van der Waals surface area contributed by atoms with Crippen LogP contribution in [0.2, 0.25) is 0 Å². The van der Waals surface area contributed by atoms with Crippen LogP contribution in [0, 0.1) is 22.7 Å². The average molecular weight is 546 g/mol. The summed E-state index contributed by atoms with van der Waals surface area (Å²) in [6, 6.07) is 6.91. The highest BCUT2D eigenvalue weighted by atomic mass is 16.6. The van der Waals surface area contributed by atoms with Crippen LogP contribution in [0.1, 0.15) is 59.3 Å². The molecule has 1 aromatic carbocycles. The highest BCUT2D eigenvalue weighted by Crippen LogP contribution is 2.61. The minimum absolute atomic E-state index is 0.0169. The van der Waals surface area contributed by atoms with Gasteiger partial charge in [0.15, 0.2) is 0 Å². The topological polar surface area (TPSA) is 137 Å². The number of fused-ring (bicyclic) bond motifs is 1. The Labute approximate surface area is 230 Å². The van der Waals surface area contributed by atoms with E-state index in [0.717, 1.165) is 6.42 Å². The van der Waals surface area contributed by atoms with Crippen LogP contribution in [0.5, 0.6) is 5.75 Å². The lowest BCUT2D eigenvalue weighted by Crippen LogP contribution is -2.61. The van der Waals surface area contributed by atoms with Gasteiger partial charge in [0.2, 0.25) is 11.8 Å². The first-order valence-electron chi connectivity index (χ1n) is 14.0. The van der Waals surface area contributed by atoms with Crippen LogP contribution < -0.4 is 15.4 Å². The molecule has 216 valence electrons. The van der Waals surface area contributed by atoms with Crippen molar-refractivity contribution in [2.24, 2.45) is 22.7 Å². The second kappa shape index (κ2) is 11.7. The second-order valence-electron chi connectivity index (χ2n) is 12.0. The number of aliphatic hydroxyl groups excluding tert-OH is 2. The SMILES string of the molecule is COc1ccc(NC(=O)O[C@@H]2CC[C@]3(C)[C@H](CC[C@@H](O)[C@H]3CC(=O)N3CC[C@H](NC(C)=O)C3)[C@]2(C)CO)cc1. The van der Waals surface area contributed by atoms with Crippen molar-refractivity contribution in [2.45, 2.75) is 77.5 Å². The van der Waals surface area contributed by atoms with Crippen LogP contribution in [0.4, 0.5) is 10.5 Å². The number of nitrogens with zero attached hydrogens (tertiary/aromatic N) is 1. The fourth-order valence-corrected chi connectivity index (χ4v) is 7.44. The number of likely N-dealkylation sites (tertiary alicyclic amines) is 1. The molecular formula is C29H43N3O7. The van der Waals surface area contributed by atoms with Gasteiger partial charge >= 0.3 is 6.09 Å². The van der Waals surface area contributed by atoms with Crippen molar-refractivity contribution in [2.75, 3.05) is 32.1 Å². The van der Waals surface area contributed by atoms with Crippen molar-refractivity contribution in [1.82, 2.24) is 10.2 Å². The van der Waals surface area contributed by atoms with Crippen molar-refractivity contribution in [3.8, 4) is 5.75 Å². The third-order valence-corrected chi connectivity index (χ3v) is 9.60. The van der Waals surface area contributed by atoms with E-state index in [-0.39, 0.29) is 42.7 Å². The maximum atomic E-state index is 13.3. The number of ether oxygens (including phenoxy) is 2. The summed E-state index contributed by atoms with van der Waals surface area (Å²) < 4.78 is 11.1. The number of benzene rings is 1. The minimum Gasteiger partial charge on any atom is -0.497 e. The molecule has 4 N–H and O–H groups in total. The maximum Gasteiger partial charge on any atom is 0.411 e. The molecule has 1 heterocycles. The summed E-state index contributed by atoms with van der Waals surface area (Å²) in [6.07, 6.45) is 1.60. The molecule has 39 heavy (non-hydrogen) atoms. The van der Waals surface area contributed by atoms with Gasteiger partial charge in [-0.1, -0.05) is 13.8 Å². The lowest BCUT2D eigenvalue weighted by molar-refractivity contribution is -0.186. The quantitative estimate of drug-likeness (QED) is 0.413. The van der Waals surface area contributed by atoms with E-state index in [4.69, 9.17) is 9.47 Å². The summed E-state index contributed by atoms with van der Waals surface area (Å²) in [5.41, 5.74) is -0.557. The van der Waals surface area contributed by atoms with E-state index < -0.39 is 29.1 Å². The van der Waals surface area contributed by atoms with Gasteiger partial charge in [-0.05, 0) is 73.6 Å². The number of carbonyl (C=O) groups excluding carboxylic acids is 3. The van der Waals surface area contributed by atoms with E-state index in [2.05, 4.69) is 17.6 Å². The Morgan fingerprint density at radius 3 is 2.46 bits per heavy atom. The first kappa shape index (κ1) is 29.1. The molecule has 3 fully saturated rings. The Bertz CT molecular complexity index is 1050. The summed E-state index contributed by atoms with van der Waals surface area (Å²) >= 11 is 0. The van der Waals surface area contributed by atoms with Crippen molar-refractivity contribution in [3.05, 3.63) is 24.3 Å². The van der Waals surface area contributed by atoms with E-state index >= 15 is 0 Å². The maximum absolute atomic E-state index is 13.3. The molecule has 0 bridgehead atoms. The highest BCUT2D eigenvalue weighted by molar-refractivity contribution is 5.84. The standard InChI is InChI=1S/C29H43N3O7/c1-18(34)30-20-12-14-32(16-20)26(36)15-22-23(35)9-10-24-28(22,2)13-11-25(29(24,3)17-33)39-27(37)31-19-5-7-21(38-4)8-6-19/h5-8,20,22-25,33,35H,9-17H2,1-4H3,(H,30,34)(H,31,37)/t20-,22+,23+,24-,25+,28-,29-/m0/s1. The van der Waals surface area contributed by atoms with Crippen LogP contribution >= 0.6 is 0 Å². The molecular weight excluding hydrogens is 502 g/mol. The summed E-state index contributed by atoms with van der Waals surface area (Å²) in [5.74, 6) is 0.236. The van der Waals surface area contributed by atoms with E-state index in [9.17, 15) is 24.6 Å². The molecule has 2 aliphatic carbocycles.